The highest BCUT2D eigenvalue weighted by Gasteiger charge is 2.22. The van der Waals surface area contributed by atoms with Crippen LogP contribution in [0.2, 0.25) is 0 Å². The second-order valence-corrected chi connectivity index (χ2v) is 3.84. The predicted octanol–water partition coefficient (Wildman–Crippen LogP) is 0.980. The fourth-order valence-electron chi connectivity index (χ4n) is 1.63. The van der Waals surface area contributed by atoms with Crippen molar-refractivity contribution in [1.29, 1.82) is 0 Å². The maximum Gasteiger partial charge on any atom is 0.338 e. The molecule has 16 heavy (non-hydrogen) atoms. The topological polar surface area (TPSA) is 55.4 Å². The van der Waals surface area contributed by atoms with Crippen molar-refractivity contribution in [3.8, 4) is 0 Å². The number of amides is 1. The first kappa shape index (κ1) is 10.7. The standard InChI is InChI=1S/C12H13NO3/c14-11-6-9(7-13-11)8-16-12(15)10-4-2-1-3-5-10/h1-5,9H,6-8H2,(H,13,14). The van der Waals surface area contributed by atoms with E-state index in [9.17, 15) is 9.59 Å². The third-order valence-electron chi connectivity index (χ3n) is 2.52. The highest BCUT2D eigenvalue weighted by molar-refractivity contribution is 5.89. The summed E-state index contributed by atoms with van der Waals surface area (Å²) in [6.45, 7) is 0.896. The van der Waals surface area contributed by atoms with E-state index in [1.54, 1.807) is 24.3 Å². The van der Waals surface area contributed by atoms with Crippen molar-refractivity contribution < 1.29 is 14.3 Å². The third-order valence-corrected chi connectivity index (χ3v) is 2.52. The molecule has 4 heteroatoms. The summed E-state index contributed by atoms with van der Waals surface area (Å²) in [5, 5.41) is 2.70. The summed E-state index contributed by atoms with van der Waals surface area (Å²) in [6.07, 6.45) is 0.446. The van der Waals surface area contributed by atoms with Gasteiger partial charge in [-0.05, 0) is 12.1 Å². The normalized spacial score (nSPS) is 19.2. The molecule has 1 aliphatic heterocycles. The number of hydrogen-bond donors (Lipinski definition) is 1. The summed E-state index contributed by atoms with van der Waals surface area (Å²) >= 11 is 0. The van der Waals surface area contributed by atoms with Crippen molar-refractivity contribution in [2.24, 2.45) is 5.92 Å². The number of ether oxygens (including phenoxy) is 1. The van der Waals surface area contributed by atoms with Crippen LogP contribution in [0.1, 0.15) is 16.8 Å². The molecule has 0 radical (unpaired) electrons. The molecule has 0 bridgehead atoms. The van der Waals surface area contributed by atoms with E-state index in [2.05, 4.69) is 5.32 Å². The number of carbonyl (C=O) groups is 2. The van der Waals surface area contributed by atoms with E-state index < -0.39 is 0 Å². The minimum atomic E-state index is -0.333. The van der Waals surface area contributed by atoms with Crippen molar-refractivity contribution in [1.82, 2.24) is 5.32 Å². The summed E-state index contributed by atoms with van der Waals surface area (Å²) in [4.78, 5) is 22.5. The van der Waals surface area contributed by atoms with Crippen LogP contribution in [0, 0.1) is 5.92 Å². The second-order valence-electron chi connectivity index (χ2n) is 3.84. The lowest BCUT2D eigenvalue weighted by Gasteiger charge is -2.08. The molecule has 1 aliphatic rings. The molecule has 1 amide bonds. The molecule has 1 saturated heterocycles. The Hall–Kier alpha value is -1.84. The first-order chi connectivity index (χ1) is 7.75. The van der Waals surface area contributed by atoms with Crippen molar-refractivity contribution in [2.45, 2.75) is 6.42 Å². The van der Waals surface area contributed by atoms with Crippen LogP contribution in [0.5, 0.6) is 0 Å². The Bertz CT molecular complexity index is 389. The summed E-state index contributed by atoms with van der Waals surface area (Å²) in [6, 6.07) is 8.84. The Morgan fingerprint density at radius 2 is 2.12 bits per heavy atom. The molecule has 1 aromatic rings. The fourth-order valence-corrected chi connectivity index (χ4v) is 1.63. The molecule has 0 spiro atoms. The number of hydrogen-bond acceptors (Lipinski definition) is 3. The highest BCUT2D eigenvalue weighted by Crippen LogP contribution is 2.10. The molecular weight excluding hydrogens is 206 g/mol. The zero-order valence-electron chi connectivity index (χ0n) is 8.81. The Labute approximate surface area is 93.6 Å². The Morgan fingerprint density at radius 3 is 2.75 bits per heavy atom. The van der Waals surface area contributed by atoms with Crippen LogP contribution in [0.4, 0.5) is 0 Å². The van der Waals surface area contributed by atoms with Gasteiger partial charge in [0.25, 0.3) is 0 Å². The van der Waals surface area contributed by atoms with Gasteiger partial charge in [0.15, 0.2) is 0 Å². The first-order valence-corrected chi connectivity index (χ1v) is 5.24. The van der Waals surface area contributed by atoms with Crippen LogP contribution in [0.25, 0.3) is 0 Å². The SMILES string of the molecule is O=C1CC(COC(=O)c2ccccc2)CN1. The number of esters is 1. The summed E-state index contributed by atoms with van der Waals surface area (Å²) in [5.74, 6) is -0.194. The molecule has 0 aliphatic carbocycles. The van der Waals surface area contributed by atoms with Gasteiger partial charge >= 0.3 is 5.97 Å². The maximum atomic E-state index is 11.6. The Balaban J connectivity index is 1.82. The van der Waals surface area contributed by atoms with Gasteiger partial charge in [0, 0.05) is 18.9 Å². The lowest BCUT2D eigenvalue weighted by atomic mass is 10.1. The first-order valence-electron chi connectivity index (χ1n) is 5.24. The highest BCUT2D eigenvalue weighted by atomic mass is 16.5. The van der Waals surface area contributed by atoms with E-state index in [1.165, 1.54) is 0 Å². The smallest absolute Gasteiger partial charge is 0.338 e. The zero-order chi connectivity index (χ0) is 11.4. The quantitative estimate of drug-likeness (QED) is 0.771. The van der Waals surface area contributed by atoms with E-state index >= 15 is 0 Å². The fraction of sp³-hybridized carbons (Fsp3) is 0.333. The van der Waals surface area contributed by atoms with Gasteiger partial charge in [-0.1, -0.05) is 18.2 Å². The van der Waals surface area contributed by atoms with E-state index in [1.807, 2.05) is 6.07 Å². The van der Waals surface area contributed by atoms with Crippen LogP contribution < -0.4 is 5.32 Å². The van der Waals surface area contributed by atoms with E-state index in [0.29, 0.717) is 25.1 Å². The minimum absolute atomic E-state index is 0.0285. The largest absolute Gasteiger partial charge is 0.462 e. The van der Waals surface area contributed by atoms with Gasteiger partial charge in [0.05, 0.1) is 12.2 Å². The van der Waals surface area contributed by atoms with Gasteiger partial charge in [-0.3, -0.25) is 4.79 Å². The van der Waals surface area contributed by atoms with Gasteiger partial charge in [-0.2, -0.15) is 0 Å². The summed E-state index contributed by atoms with van der Waals surface area (Å²) < 4.78 is 5.13. The molecule has 1 unspecified atom stereocenters. The monoisotopic (exact) mass is 219 g/mol. The molecule has 1 fully saturated rings. The van der Waals surface area contributed by atoms with Crippen molar-refractivity contribution in [3.05, 3.63) is 35.9 Å². The average Bonchev–Trinajstić information content (AvgIpc) is 2.73. The van der Waals surface area contributed by atoms with Gasteiger partial charge in [-0.25, -0.2) is 4.79 Å². The second kappa shape index (κ2) is 4.79. The average molecular weight is 219 g/mol. The molecule has 1 N–H and O–H groups in total. The maximum absolute atomic E-state index is 11.6. The summed E-state index contributed by atoms with van der Waals surface area (Å²) in [5.41, 5.74) is 0.541. The molecule has 0 saturated carbocycles. The van der Waals surface area contributed by atoms with Gasteiger partial charge < -0.3 is 10.1 Å². The molecule has 0 aromatic heterocycles. The van der Waals surface area contributed by atoms with E-state index in [0.717, 1.165) is 0 Å². The van der Waals surface area contributed by atoms with Crippen molar-refractivity contribution in [3.63, 3.8) is 0 Å². The van der Waals surface area contributed by atoms with Crippen LogP contribution in [-0.4, -0.2) is 25.0 Å². The van der Waals surface area contributed by atoms with Gasteiger partial charge in [0.1, 0.15) is 0 Å². The number of carbonyl (C=O) groups excluding carboxylic acids is 2. The van der Waals surface area contributed by atoms with Gasteiger partial charge in [0.2, 0.25) is 5.91 Å². The lowest BCUT2D eigenvalue weighted by Crippen LogP contribution is -2.17. The van der Waals surface area contributed by atoms with Crippen LogP contribution in [0.15, 0.2) is 30.3 Å². The van der Waals surface area contributed by atoms with Crippen LogP contribution in [-0.2, 0) is 9.53 Å². The zero-order valence-corrected chi connectivity index (χ0v) is 8.81. The number of rotatable bonds is 3. The number of nitrogens with one attached hydrogen (secondary N) is 1. The Kier molecular flexibility index (Phi) is 3.19. The van der Waals surface area contributed by atoms with Crippen molar-refractivity contribution in [2.75, 3.05) is 13.2 Å². The van der Waals surface area contributed by atoms with Crippen molar-refractivity contribution >= 4 is 11.9 Å². The Morgan fingerprint density at radius 1 is 1.38 bits per heavy atom. The predicted molar refractivity (Wildman–Crippen MR) is 57.8 cm³/mol. The molecule has 1 aromatic carbocycles. The molecule has 4 nitrogen and oxygen atoms in total. The molecule has 1 atom stereocenters. The lowest BCUT2D eigenvalue weighted by molar-refractivity contribution is -0.119. The molecular formula is C12H13NO3. The van der Waals surface area contributed by atoms with E-state index in [-0.39, 0.29) is 17.8 Å². The molecule has 84 valence electrons. The van der Waals surface area contributed by atoms with Crippen LogP contribution in [0.3, 0.4) is 0 Å². The summed E-state index contributed by atoms with van der Waals surface area (Å²) in [7, 11) is 0. The third kappa shape index (κ3) is 2.59. The van der Waals surface area contributed by atoms with Crippen LogP contribution >= 0.6 is 0 Å². The molecule has 2 rings (SSSR count). The number of benzene rings is 1. The van der Waals surface area contributed by atoms with Gasteiger partial charge in [-0.15, -0.1) is 0 Å². The molecule has 1 heterocycles. The minimum Gasteiger partial charge on any atom is -0.462 e. The van der Waals surface area contributed by atoms with E-state index in [4.69, 9.17) is 4.74 Å².